The zero-order chi connectivity index (χ0) is 16.6. The van der Waals surface area contributed by atoms with E-state index in [2.05, 4.69) is 16.2 Å². The molecule has 0 saturated carbocycles. The second-order valence-corrected chi connectivity index (χ2v) is 4.81. The van der Waals surface area contributed by atoms with Gasteiger partial charge in [0.1, 0.15) is 17.3 Å². The van der Waals surface area contributed by atoms with Crippen LogP contribution < -0.4 is 5.73 Å². The number of pyridine rings is 1. The highest BCUT2D eigenvalue weighted by Gasteiger charge is 2.23. The Balaban J connectivity index is 2.22. The van der Waals surface area contributed by atoms with Crippen LogP contribution in [-0.4, -0.2) is 27.3 Å². The van der Waals surface area contributed by atoms with Gasteiger partial charge >= 0.3 is 5.97 Å². The molecule has 0 aliphatic carbocycles. The van der Waals surface area contributed by atoms with Gasteiger partial charge in [-0.2, -0.15) is 10.4 Å². The minimum absolute atomic E-state index is 0.0908. The number of furan rings is 1. The summed E-state index contributed by atoms with van der Waals surface area (Å²) in [7, 11) is 1.76. The van der Waals surface area contributed by atoms with Crippen LogP contribution >= 0.6 is 0 Å². The molecule has 0 aliphatic rings. The molecule has 0 unspecified atom stereocenters. The van der Waals surface area contributed by atoms with Crippen molar-refractivity contribution in [3.05, 3.63) is 29.8 Å². The lowest BCUT2D eigenvalue weighted by atomic mass is 10.1. The lowest BCUT2D eigenvalue weighted by Crippen LogP contribution is -2.05. The summed E-state index contributed by atoms with van der Waals surface area (Å²) in [6, 6.07) is 3.57. The maximum atomic E-state index is 11.8. The molecule has 3 aromatic rings. The van der Waals surface area contributed by atoms with E-state index in [9.17, 15) is 10.1 Å². The van der Waals surface area contributed by atoms with Crippen LogP contribution in [0.15, 0.2) is 22.9 Å². The summed E-state index contributed by atoms with van der Waals surface area (Å²) in [6.45, 7) is 1.89. The van der Waals surface area contributed by atoms with E-state index in [0.29, 0.717) is 22.3 Å². The summed E-state index contributed by atoms with van der Waals surface area (Å²) in [5.41, 5.74) is 8.01. The Morgan fingerprint density at radius 1 is 1.57 bits per heavy atom. The summed E-state index contributed by atoms with van der Waals surface area (Å²) in [5.74, 6) is -0.772. The number of nitrogen functional groups attached to an aromatic ring is 1. The number of esters is 1. The highest BCUT2D eigenvalue weighted by molar-refractivity contribution is 6.02. The molecule has 8 heteroatoms. The van der Waals surface area contributed by atoms with Gasteiger partial charge in [-0.25, -0.2) is 9.78 Å². The monoisotopic (exact) mass is 311 g/mol. The number of aromatic nitrogens is 3. The molecule has 0 atom stereocenters. The summed E-state index contributed by atoms with van der Waals surface area (Å²) in [4.78, 5) is 16.2. The molecular formula is C15H13N5O3. The Morgan fingerprint density at radius 3 is 2.96 bits per heavy atom. The lowest BCUT2D eigenvalue weighted by Gasteiger charge is -2.00. The topological polar surface area (TPSA) is 120 Å². The summed E-state index contributed by atoms with van der Waals surface area (Å²) >= 11 is 0. The smallest absolute Gasteiger partial charge is 0.376 e. The average molecular weight is 311 g/mol. The van der Waals surface area contributed by atoms with Crippen LogP contribution in [0, 0.1) is 11.3 Å². The van der Waals surface area contributed by atoms with E-state index in [0.717, 1.165) is 0 Å². The van der Waals surface area contributed by atoms with Crippen LogP contribution in [0.4, 0.5) is 5.69 Å². The van der Waals surface area contributed by atoms with E-state index in [-0.39, 0.29) is 23.6 Å². The van der Waals surface area contributed by atoms with Gasteiger partial charge in [0.25, 0.3) is 0 Å². The molecule has 0 radical (unpaired) electrons. The zero-order valence-electron chi connectivity index (χ0n) is 12.5. The molecule has 0 fully saturated rings. The number of hydrogen-bond acceptors (Lipinski definition) is 7. The van der Waals surface area contributed by atoms with E-state index in [1.54, 1.807) is 31.0 Å². The molecule has 8 nitrogen and oxygen atoms in total. The van der Waals surface area contributed by atoms with Gasteiger partial charge in [-0.3, -0.25) is 4.68 Å². The summed E-state index contributed by atoms with van der Waals surface area (Å²) < 4.78 is 11.9. The number of carbonyl (C=O) groups is 1. The van der Waals surface area contributed by atoms with Gasteiger partial charge in [0.15, 0.2) is 5.58 Å². The van der Waals surface area contributed by atoms with Gasteiger partial charge in [-0.1, -0.05) is 0 Å². The molecule has 0 spiro atoms. The number of hydrogen-bond donors (Lipinski definition) is 1. The minimum Gasteiger partial charge on any atom is -0.460 e. The van der Waals surface area contributed by atoms with Crippen LogP contribution in [0.2, 0.25) is 0 Å². The molecule has 0 aromatic carbocycles. The van der Waals surface area contributed by atoms with Crippen molar-refractivity contribution < 1.29 is 13.9 Å². The molecule has 3 aromatic heterocycles. The van der Waals surface area contributed by atoms with Crippen molar-refractivity contribution >= 4 is 22.8 Å². The highest BCUT2D eigenvalue weighted by Crippen LogP contribution is 2.32. The van der Waals surface area contributed by atoms with Gasteiger partial charge in [0, 0.05) is 24.9 Å². The zero-order valence-corrected chi connectivity index (χ0v) is 12.5. The van der Waals surface area contributed by atoms with Crippen molar-refractivity contribution in [2.24, 2.45) is 7.05 Å². The molecule has 116 valence electrons. The summed E-state index contributed by atoms with van der Waals surface area (Å²) in [5, 5.41) is 13.4. The third-order valence-corrected chi connectivity index (χ3v) is 3.26. The molecule has 0 bridgehead atoms. The standard InChI is InChI=1S/C15H13N5O3/c1-3-22-15(21)14-11(17)13-10(23-14)4-8(5-16)12(19-13)9-6-18-20(2)7-9/h4,6-7H,3,17H2,1-2H3. The average Bonchev–Trinajstić information content (AvgIpc) is 3.10. The van der Waals surface area contributed by atoms with Gasteiger partial charge < -0.3 is 14.9 Å². The maximum Gasteiger partial charge on any atom is 0.376 e. The predicted octanol–water partition coefficient (Wildman–Crippen LogP) is 1.86. The van der Waals surface area contributed by atoms with E-state index in [1.807, 2.05) is 0 Å². The number of anilines is 1. The largest absolute Gasteiger partial charge is 0.460 e. The lowest BCUT2D eigenvalue weighted by molar-refractivity contribution is 0.0494. The second kappa shape index (κ2) is 5.46. The van der Waals surface area contributed by atoms with Crippen molar-refractivity contribution in [1.82, 2.24) is 14.8 Å². The Kier molecular flexibility index (Phi) is 3.46. The minimum atomic E-state index is -0.663. The van der Waals surface area contributed by atoms with Crippen molar-refractivity contribution in [2.45, 2.75) is 6.92 Å². The van der Waals surface area contributed by atoms with Crippen molar-refractivity contribution in [3.63, 3.8) is 0 Å². The normalized spacial score (nSPS) is 10.7. The molecule has 0 amide bonds. The Bertz CT molecular complexity index is 948. The van der Waals surface area contributed by atoms with Crippen LogP contribution in [0.1, 0.15) is 23.0 Å². The molecule has 23 heavy (non-hydrogen) atoms. The van der Waals surface area contributed by atoms with Gasteiger partial charge in [0.05, 0.1) is 24.1 Å². The van der Waals surface area contributed by atoms with Crippen LogP contribution in [0.25, 0.3) is 22.4 Å². The van der Waals surface area contributed by atoms with Crippen molar-refractivity contribution in [2.75, 3.05) is 12.3 Å². The van der Waals surface area contributed by atoms with Gasteiger partial charge in [0.2, 0.25) is 5.76 Å². The quantitative estimate of drug-likeness (QED) is 0.733. The van der Waals surface area contributed by atoms with E-state index in [1.165, 1.54) is 6.07 Å². The number of carbonyl (C=O) groups excluding carboxylic acids is 1. The first-order chi connectivity index (χ1) is 11.0. The van der Waals surface area contributed by atoms with Crippen molar-refractivity contribution in [1.29, 1.82) is 5.26 Å². The van der Waals surface area contributed by atoms with E-state index < -0.39 is 5.97 Å². The van der Waals surface area contributed by atoms with Crippen LogP contribution in [-0.2, 0) is 11.8 Å². The van der Waals surface area contributed by atoms with E-state index in [4.69, 9.17) is 14.9 Å². The fourth-order valence-electron chi connectivity index (χ4n) is 2.24. The van der Waals surface area contributed by atoms with Gasteiger partial charge in [-0.15, -0.1) is 0 Å². The first kappa shape index (κ1) is 14.6. The fraction of sp³-hybridized carbons (Fsp3) is 0.200. The number of nitrogens with zero attached hydrogens (tertiary/aromatic N) is 4. The fourth-order valence-corrected chi connectivity index (χ4v) is 2.24. The summed E-state index contributed by atoms with van der Waals surface area (Å²) in [6.07, 6.45) is 3.33. The highest BCUT2D eigenvalue weighted by atomic mass is 16.5. The molecular weight excluding hydrogens is 298 g/mol. The Morgan fingerprint density at radius 2 is 2.35 bits per heavy atom. The number of ether oxygens (including phenoxy) is 1. The number of nitrogens with two attached hydrogens (primary N) is 1. The van der Waals surface area contributed by atoms with E-state index >= 15 is 0 Å². The number of rotatable bonds is 3. The molecule has 3 heterocycles. The third kappa shape index (κ3) is 2.38. The van der Waals surface area contributed by atoms with Crippen LogP contribution in [0.3, 0.4) is 0 Å². The second-order valence-electron chi connectivity index (χ2n) is 4.81. The Labute approximate surface area is 131 Å². The molecule has 3 rings (SSSR count). The van der Waals surface area contributed by atoms with Crippen LogP contribution in [0.5, 0.6) is 0 Å². The number of nitriles is 1. The molecule has 2 N–H and O–H groups in total. The molecule has 0 aliphatic heterocycles. The number of fused-ring (bicyclic) bond motifs is 1. The third-order valence-electron chi connectivity index (χ3n) is 3.26. The Hall–Kier alpha value is -3.34. The molecule has 0 saturated heterocycles. The van der Waals surface area contributed by atoms with Crippen molar-refractivity contribution in [3.8, 4) is 17.3 Å². The number of aryl methyl sites for hydroxylation is 1. The first-order valence-corrected chi connectivity index (χ1v) is 6.84. The maximum absolute atomic E-state index is 11.8. The SMILES string of the molecule is CCOC(=O)c1oc2cc(C#N)c(-c3cnn(C)c3)nc2c1N. The predicted molar refractivity (Wildman–Crippen MR) is 81.3 cm³/mol. The van der Waals surface area contributed by atoms with Gasteiger partial charge in [-0.05, 0) is 6.92 Å². The first-order valence-electron chi connectivity index (χ1n) is 6.84.